The van der Waals surface area contributed by atoms with Gasteiger partial charge in [-0.05, 0) is 142 Å². The minimum atomic E-state index is -2.56. The average Bonchev–Trinajstić information content (AvgIpc) is 3.88. The Kier molecular flexibility index (Phi) is 11.6. The summed E-state index contributed by atoms with van der Waals surface area (Å²) in [4.78, 5) is 31.9. The first-order valence-electron chi connectivity index (χ1n) is 21.5. The molecule has 4 N–H and O–H groups in total. The van der Waals surface area contributed by atoms with E-state index in [-0.39, 0.29) is 17.4 Å². The summed E-state index contributed by atoms with van der Waals surface area (Å²) < 4.78 is 19.7. The van der Waals surface area contributed by atoms with E-state index in [2.05, 4.69) is 61.4 Å². The molecule has 8 rings (SSSR count). The van der Waals surface area contributed by atoms with Crippen molar-refractivity contribution < 1.29 is 22.9 Å². The van der Waals surface area contributed by atoms with Crippen LogP contribution in [-0.4, -0.2) is 77.6 Å². The third kappa shape index (κ3) is 8.28. The molecular weight excluding hydrogens is 745 g/mol. The lowest BCUT2D eigenvalue weighted by atomic mass is 9.72. The van der Waals surface area contributed by atoms with Gasteiger partial charge in [0.05, 0.1) is 12.9 Å². The van der Waals surface area contributed by atoms with Gasteiger partial charge in [0.1, 0.15) is 11.3 Å². The molecule has 3 atom stereocenters. The molecule has 2 amide bonds. The van der Waals surface area contributed by atoms with E-state index in [0.29, 0.717) is 36.5 Å². The molecule has 1 aliphatic carbocycles. The molecule has 11 heteroatoms. The Morgan fingerprint density at radius 1 is 0.807 bits per heavy atom. The molecule has 2 saturated heterocycles. The van der Waals surface area contributed by atoms with Crippen LogP contribution in [0.15, 0.2) is 71.3 Å². The van der Waals surface area contributed by atoms with Gasteiger partial charge in [-0.2, -0.15) is 0 Å². The van der Waals surface area contributed by atoms with Crippen molar-refractivity contribution in [2.24, 2.45) is 29.2 Å². The van der Waals surface area contributed by atoms with Crippen LogP contribution in [-0.2, 0) is 10.7 Å². The van der Waals surface area contributed by atoms with Gasteiger partial charge < -0.3 is 34.5 Å². The number of carbonyl (C=O) groups is 2. The first kappa shape index (κ1) is 40.1. The molecule has 57 heavy (non-hydrogen) atoms. The topological polar surface area (TPSA) is 124 Å². The lowest BCUT2D eigenvalue weighted by Gasteiger charge is -2.39. The quantitative estimate of drug-likeness (QED) is 0.156. The fourth-order valence-corrected chi connectivity index (χ4v) is 19.6. The zero-order chi connectivity index (χ0) is 39.9. The third-order valence-electron chi connectivity index (χ3n) is 14.0. The number of ether oxygens (including phenoxy) is 1. The van der Waals surface area contributed by atoms with Crippen LogP contribution in [0.25, 0.3) is 11.0 Å². The molecule has 4 aliphatic rings. The molecular formula is C46H62N4O5Si2. The van der Waals surface area contributed by atoms with Crippen molar-refractivity contribution in [1.29, 1.82) is 0 Å². The van der Waals surface area contributed by atoms with Gasteiger partial charge in [-0.1, -0.05) is 37.1 Å². The summed E-state index contributed by atoms with van der Waals surface area (Å²) in [5, 5.41) is 2.02. The van der Waals surface area contributed by atoms with Gasteiger partial charge in [0.25, 0.3) is 11.8 Å². The zero-order valence-corrected chi connectivity index (χ0v) is 36.4. The van der Waals surface area contributed by atoms with Crippen LogP contribution in [0.2, 0.25) is 26.2 Å². The Hall–Kier alpha value is -3.75. The summed E-state index contributed by atoms with van der Waals surface area (Å²) in [5.41, 5.74) is 17.8. The Bertz CT molecular complexity index is 2080. The molecule has 3 aromatic carbocycles. The number of furan rings is 1. The van der Waals surface area contributed by atoms with Crippen molar-refractivity contribution in [1.82, 2.24) is 9.80 Å². The second-order valence-corrected chi connectivity index (χ2v) is 26.6. The Labute approximate surface area is 340 Å². The Morgan fingerprint density at radius 3 is 2.23 bits per heavy atom. The Morgan fingerprint density at radius 2 is 1.51 bits per heavy atom. The Balaban J connectivity index is 0.929. The summed E-state index contributed by atoms with van der Waals surface area (Å²) in [6, 6.07) is 20.4. The molecule has 1 saturated carbocycles. The van der Waals surface area contributed by atoms with Crippen molar-refractivity contribution in [3.05, 3.63) is 94.7 Å². The largest absolute Gasteiger partial charge is 0.493 e. The van der Waals surface area contributed by atoms with E-state index in [1.165, 1.54) is 31.2 Å². The number of nitrogens with zero attached hydrogens (tertiary/aromatic N) is 2. The molecule has 1 aromatic heterocycles. The fraction of sp³-hybridized carbons (Fsp3) is 0.522. The second-order valence-electron chi connectivity index (χ2n) is 18.4. The monoisotopic (exact) mass is 806 g/mol. The highest BCUT2D eigenvalue weighted by Gasteiger charge is 2.46. The molecule has 0 radical (unpaired) electrons. The predicted octanol–water partition coefficient (Wildman–Crippen LogP) is 7.88. The van der Waals surface area contributed by atoms with Gasteiger partial charge in [0.2, 0.25) is 8.32 Å². The van der Waals surface area contributed by atoms with Gasteiger partial charge in [-0.25, -0.2) is 0 Å². The maximum atomic E-state index is 13.9. The van der Waals surface area contributed by atoms with Gasteiger partial charge in [-0.3, -0.25) is 9.59 Å². The van der Waals surface area contributed by atoms with Crippen LogP contribution in [0.5, 0.6) is 5.75 Å². The van der Waals surface area contributed by atoms with E-state index < -0.39 is 16.6 Å². The summed E-state index contributed by atoms with van der Waals surface area (Å²) in [7, 11) is -5.02. The van der Waals surface area contributed by atoms with E-state index >= 15 is 0 Å². The highest BCUT2D eigenvalue weighted by molar-refractivity contribution is 6.93. The lowest BCUT2D eigenvalue weighted by Crippen LogP contribution is -2.55. The number of carbonyl (C=O) groups excluding carboxylic acids is 2. The van der Waals surface area contributed by atoms with Crippen molar-refractivity contribution in [2.45, 2.75) is 95.6 Å². The summed E-state index contributed by atoms with van der Waals surface area (Å²) in [6.45, 7) is 14.0. The zero-order valence-electron chi connectivity index (χ0n) is 34.4. The number of nitrogens with two attached hydrogens (primary N) is 2. The fourth-order valence-electron chi connectivity index (χ4n) is 10.6. The van der Waals surface area contributed by atoms with Gasteiger partial charge in [-0.15, -0.1) is 0 Å². The SMILES string of the molecule is C[Si](C)(O[Si](C)(C)C1COc2ccc(C(=O)N3CCC(C4CCCC(CN)C4)CC3)cc21)c1coc2ccc(C(=O)N3CCC(c4cccc(CN)c4)CC3)cc12. The number of fused-ring (bicyclic) bond motifs is 2. The first-order valence-corrected chi connectivity index (χ1v) is 27.4. The summed E-state index contributed by atoms with van der Waals surface area (Å²) in [5.74, 6) is 3.60. The number of hydrogen-bond donors (Lipinski definition) is 2. The number of hydrogen-bond acceptors (Lipinski definition) is 7. The molecule has 304 valence electrons. The van der Waals surface area contributed by atoms with Crippen molar-refractivity contribution in [3.8, 4) is 5.75 Å². The maximum Gasteiger partial charge on any atom is 0.253 e. The van der Waals surface area contributed by atoms with E-state index in [0.717, 1.165) is 103 Å². The molecule has 4 aromatic rings. The van der Waals surface area contributed by atoms with Crippen LogP contribution in [0, 0.1) is 17.8 Å². The normalized spacial score (nSPS) is 22.5. The second kappa shape index (κ2) is 16.5. The van der Waals surface area contributed by atoms with Crippen molar-refractivity contribution in [2.75, 3.05) is 39.3 Å². The smallest absolute Gasteiger partial charge is 0.253 e. The molecule has 4 heterocycles. The minimum Gasteiger partial charge on any atom is -0.493 e. The number of amides is 2. The third-order valence-corrected chi connectivity index (χ3v) is 21.9. The molecule has 0 bridgehead atoms. The molecule has 3 unspecified atom stereocenters. The molecule has 9 nitrogen and oxygen atoms in total. The van der Waals surface area contributed by atoms with Crippen molar-refractivity contribution >= 4 is 44.6 Å². The lowest BCUT2D eigenvalue weighted by molar-refractivity contribution is 0.0620. The highest BCUT2D eigenvalue weighted by Crippen LogP contribution is 2.43. The number of rotatable bonds is 10. The summed E-state index contributed by atoms with van der Waals surface area (Å²) >= 11 is 0. The number of likely N-dealkylation sites (tertiary alicyclic amines) is 2. The van der Waals surface area contributed by atoms with Crippen LogP contribution in [0.3, 0.4) is 0 Å². The predicted molar refractivity (Wildman–Crippen MR) is 232 cm³/mol. The standard InChI is InChI=1S/C46H62N4O5Si2/c1-56(2,43-29-53-41-13-11-37(25-39(41)43)45(51)49-19-15-33(16-20-49)35-9-5-7-31(23-35)27-47)55-57(3,4)44-30-54-42-14-12-38(26-40(42)44)46(52)50-21-17-34(18-22-50)36-10-6-8-32(24-36)28-48/h5,7,9,11-14,23,25-26,29,32-34,36,44H,6,8,10,15-22,24,27-28,30,47-48H2,1-4H3. The molecule has 3 fully saturated rings. The van der Waals surface area contributed by atoms with E-state index in [1.54, 1.807) is 0 Å². The highest BCUT2D eigenvalue weighted by atomic mass is 28.4. The van der Waals surface area contributed by atoms with Crippen LogP contribution in [0.1, 0.15) is 100 Å². The van der Waals surface area contributed by atoms with Crippen LogP contribution >= 0.6 is 0 Å². The number of piperidine rings is 2. The van der Waals surface area contributed by atoms with E-state index in [4.69, 9.17) is 24.7 Å². The van der Waals surface area contributed by atoms with E-state index in [1.807, 2.05) is 41.5 Å². The van der Waals surface area contributed by atoms with Crippen LogP contribution < -0.4 is 21.4 Å². The molecule has 0 spiro atoms. The number of benzene rings is 3. The van der Waals surface area contributed by atoms with Gasteiger partial charge >= 0.3 is 0 Å². The van der Waals surface area contributed by atoms with E-state index in [9.17, 15) is 9.59 Å². The summed E-state index contributed by atoms with van der Waals surface area (Å²) in [6.07, 6.45) is 11.0. The first-order chi connectivity index (χ1) is 27.4. The maximum absolute atomic E-state index is 13.9. The average molecular weight is 807 g/mol. The van der Waals surface area contributed by atoms with Gasteiger partial charge in [0.15, 0.2) is 8.32 Å². The minimum absolute atomic E-state index is 0.0626. The molecule has 3 aliphatic heterocycles. The van der Waals surface area contributed by atoms with Gasteiger partial charge in [0, 0.05) is 65.5 Å². The van der Waals surface area contributed by atoms with Crippen LogP contribution in [0.4, 0.5) is 0 Å². The van der Waals surface area contributed by atoms with Crippen molar-refractivity contribution in [3.63, 3.8) is 0 Å².